The molecule has 1 unspecified atom stereocenters. The van der Waals surface area contributed by atoms with Gasteiger partial charge < -0.3 is 10.6 Å². The lowest BCUT2D eigenvalue weighted by Gasteiger charge is -2.16. The van der Waals surface area contributed by atoms with Gasteiger partial charge in [0, 0.05) is 41.8 Å². The maximum absolute atomic E-state index is 12.1. The van der Waals surface area contributed by atoms with Gasteiger partial charge in [0.25, 0.3) is 0 Å². The minimum Gasteiger partial charge on any atom is -0.375 e. The van der Waals surface area contributed by atoms with Crippen molar-refractivity contribution in [3.05, 3.63) is 29.6 Å². The van der Waals surface area contributed by atoms with Crippen molar-refractivity contribution in [3.8, 4) is 11.3 Å². The van der Waals surface area contributed by atoms with Gasteiger partial charge in [-0.25, -0.2) is 4.98 Å². The van der Waals surface area contributed by atoms with Crippen LogP contribution in [-0.2, 0) is 9.59 Å². The second kappa shape index (κ2) is 6.10. The maximum atomic E-state index is 12.1. The van der Waals surface area contributed by atoms with Crippen LogP contribution in [0.25, 0.3) is 11.3 Å². The number of thiazole rings is 1. The smallest absolute Gasteiger partial charge is 0.228 e. The summed E-state index contributed by atoms with van der Waals surface area (Å²) >= 11 is 2.65. The SMILES string of the molecule is CC(=O)SC1CC(=O)N(c2ccc(-c3csc(N)n3)cc2)C1. The molecule has 114 valence electrons. The molecule has 1 amide bonds. The molecule has 0 saturated carbocycles. The van der Waals surface area contributed by atoms with Gasteiger partial charge in [0.1, 0.15) is 0 Å². The Balaban J connectivity index is 1.75. The Morgan fingerprint density at radius 1 is 1.41 bits per heavy atom. The van der Waals surface area contributed by atoms with Crippen LogP contribution < -0.4 is 10.6 Å². The van der Waals surface area contributed by atoms with Gasteiger partial charge in [-0.2, -0.15) is 0 Å². The molecule has 3 rings (SSSR count). The third-order valence-electron chi connectivity index (χ3n) is 3.42. The van der Waals surface area contributed by atoms with Crippen molar-refractivity contribution in [1.29, 1.82) is 0 Å². The predicted molar refractivity (Wildman–Crippen MR) is 91.0 cm³/mol. The number of thioether (sulfide) groups is 1. The fourth-order valence-corrected chi connectivity index (χ4v) is 3.96. The Morgan fingerprint density at radius 3 is 2.73 bits per heavy atom. The van der Waals surface area contributed by atoms with E-state index in [9.17, 15) is 9.59 Å². The van der Waals surface area contributed by atoms with E-state index in [1.807, 2.05) is 29.6 Å². The Hall–Kier alpha value is -1.86. The number of amides is 1. The molecule has 2 aromatic rings. The Bertz CT molecular complexity index is 712. The monoisotopic (exact) mass is 333 g/mol. The van der Waals surface area contributed by atoms with Crippen LogP contribution in [0.5, 0.6) is 0 Å². The van der Waals surface area contributed by atoms with Gasteiger partial charge in [-0.15, -0.1) is 11.3 Å². The van der Waals surface area contributed by atoms with Gasteiger partial charge in [-0.1, -0.05) is 23.9 Å². The first-order valence-corrected chi connectivity index (χ1v) is 8.58. The number of benzene rings is 1. The molecule has 7 heteroatoms. The van der Waals surface area contributed by atoms with Crippen molar-refractivity contribution in [2.75, 3.05) is 17.2 Å². The quantitative estimate of drug-likeness (QED) is 0.934. The van der Waals surface area contributed by atoms with Crippen LogP contribution in [0.1, 0.15) is 13.3 Å². The van der Waals surface area contributed by atoms with E-state index in [0.29, 0.717) is 18.1 Å². The zero-order chi connectivity index (χ0) is 15.7. The minimum absolute atomic E-state index is 0.0445. The van der Waals surface area contributed by atoms with Gasteiger partial charge in [-0.05, 0) is 12.1 Å². The van der Waals surface area contributed by atoms with Crippen LogP contribution in [0.15, 0.2) is 29.6 Å². The molecule has 0 bridgehead atoms. The van der Waals surface area contributed by atoms with Crippen LogP contribution in [0.3, 0.4) is 0 Å². The Morgan fingerprint density at radius 2 is 2.14 bits per heavy atom. The third kappa shape index (κ3) is 3.15. The number of nitrogen functional groups attached to an aromatic ring is 1. The van der Waals surface area contributed by atoms with Crippen molar-refractivity contribution in [2.45, 2.75) is 18.6 Å². The van der Waals surface area contributed by atoms with E-state index in [1.165, 1.54) is 30.0 Å². The number of carbonyl (C=O) groups excluding carboxylic acids is 2. The number of rotatable bonds is 3. The molecule has 2 heterocycles. The normalized spacial score (nSPS) is 18.0. The molecule has 1 aromatic heterocycles. The van der Waals surface area contributed by atoms with Crippen molar-refractivity contribution in [2.24, 2.45) is 0 Å². The highest BCUT2D eigenvalue weighted by atomic mass is 32.2. The molecule has 1 fully saturated rings. The van der Waals surface area contributed by atoms with E-state index in [0.717, 1.165) is 16.9 Å². The van der Waals surface area contributed by atoms with Crippen LogP contribution in [0.4, 0.5) is 10.8 Å². The van der Waals surface area contributed by atoms with E-state index in [4.69, 9.17) is 5.73 Å². The van der Waals surface area contributed by atoms with E-state index in [2.05, 4.69) is 4.98 Å². The first-order chi connectivity index (χ1) is 10.5. The largest absolute Gasteiger partial charge is 0.375 e. The van der Waals surface area contributed by atoms with Crippen LogP contribution in [-0.4, -0.2) is 27.8 Å². The first kappa shape index (κ1) is 15.1. The minimum atomic E-state index is 0.0445. The van der Waals surface area contributed by atoms with Crippen molar-refractivity contribution >= 4 is 44.9 Å². The van der Waals surface area contributed by atoms with Gasteiger partial charge in [0.2, 0.25) is 5.91 Å². The molecule has 22 heavy (non-hydrogen) atoms. The van der Waals surface area contributed by atoms with Crippen LogP contribution in [0.2, 0.25) is 0 Å². The van der Waals surface area contributed by atoms with Crippen molar-refractivity contribution < 1.29 is 9.59 Å². The second-order valence-electron chi connectivity index (χ2n) is 5.06. The summed E-state index contributed by atoms with van der Waals surface area (Å²) in [6.45, 7) is 2.11. The summed E-state index contributed by atoms with van der Waals surface area (Å²) in [5, 5.41) is 2.54. The van der Waals surface area contributed by atoms with Gasteiger partial charge in [0.05, 0.1) is 5.69 Å². The highest BCUT2D eigenvalue weighted by Crippen LogP contribution is 2.30. The standard InChI is InChI=1S/C15H15N3O2S2/c1-9(19)22-12-6-14(20)18(7-12)11-4-2-10(3-5-11)13-8-21-15(16)17-13/h2-5,8,12H,6-7H2,1H3,(H2,16,17). The fraction of sp³-hybridized carbons (Fsp3) is 0.267. The first-order valence-electron chi connectivity index (χ1n) is 6.82. The molecular formula is C15H15N3O2S2. The average molecular weight is 333 g/mol. The van der Waals surface area contributed by atoms with Crippen LogP contribution in [0, 0.1) is 0 Å². The number of aromatic nitrogens is 1. The van der Waals surface area contributed by atoms with E-state index >= 15 is 0 Å². The lowest BCUT2D eigenvalue weighted by Crippen LogP contribution is -2.24. The van der Waals surface area contributed by atoms with Gasteiger partial charge >= 0.3 is 0 Å². The second-order valence-corrected chi connectivity index (χ2v) is 7.42. The summed E-state index contributed by atoms with van der Waals surface area (Å²) in [4.78, 5) is 29.2. The molecule has 1 aromatic carbocycles. The van der Waals surface area contributed by atoms with Crippen molar-refractivity contribution in [1.82, 2.24) is 4.98 Å². The van der Waals surface area contributed by atoms with E-state index in [1.54, 1.807) is 4.90 Å². The number of nitrogens with zero attached hydrogens (tertiary/aromatic N) is 2. The predicted octanol–water partition coefficient (Wildman–Crippen LogP) is 2.78. The van der Waals surface area contributed by atoms with Gasteiger partial charge in [0.15, 0.2) is 10.2 Å². The highest BCUT2D eigenvalue weighted by molar-refractivity contribution is 8.14. The van der Waals surface area contributed by atoms with Gasteiger partial charge in [-0.3, -0.25) is 9.59 Å². The lowest BCUT2D eigenvalue weighted by molar-refractivity contribution is -0.117. The Kier molecular flexibility index (Phi) is 4.17. The number of nitrogens with two attached hydrogens (primary N) is 1. The van der Waals surface area contributed by atoms with Crippen molar-refractivity contribution in [3.63, 3.8) is 0 Å². The summed E-state index contributed by atoms with van der Waals surface area (Å²) in [7, 11) is 0. The molecule has 0 radical (unpaired) electrons. The summed E-state index contributed by atoms with van der Waals surface area (Å²) in [6.07, 6.45) is 0.411. The fourth-order valence-electron chi connectivity index (χ4n) is 2.47. The lowest BCUT2D eigenvalue weighted by atomic mass is 10.1. The molecule has 0 aliphatic carbocycles. The number of anilines is 2. The summed E-state index contributed by atoms with van der Waals surface area (Å²) < 4.78 is 0. The maximum Gasteiger partial charge on any atom is 0.228 e. The molecular weight excluding hydrogens is 318 g/mol. The topological polar surface area (TPSA) is 76.3 Å². The average Bonchev–Trinajstić information content (AvgIpc) is 3.05. The summed E-state index contributed by atoms with van der Waals surface area (Å²) in [5.41, 5.74) is 8.30. The molecule has 0 spiro atoms. The van der Waals surface area contributed by atoms with E-state index < -0.39 is 0 Å². The van der Waals surface area contributed by atoms with Crippen LogP contribution >= 0.6 is 23.1 Å². The molecule has 1 aliphatic heterocycles. The molecule has 1 aliphatic rings. The molecule has 1 saturated heterocycles. The number of hydrogen-bond donors (Lipinski definition) is 1. The summed E-state index contributed by atoms with van der Waals surface area (Å²) in [5.74, 6) is 0.0596. The highest BCUT2D eigenvalue weighted by Gasteiger charge is 2.31. The van der Waals surface area contributed by atoms with E-state index in [-0.39, 0.29) is 16.3 Å². The molecule has 2 N–H and O–H groups in total. The number of carbonyl (C=O) groups is 2. The third-order valence-corrected chi connectivity index (χ3v) is 5.07. The molecule has 1 atom stereocenters. The molecule has 5 nitrogen and oxygen atoms in total. The summed E-state index contributed by atoms with van der Waals surface area (Å²) in [6, 6.07) is 7.68. The zero-order valence-corrected chi connectivity index (χ0v) is 13.6. The number of hydrogen-bond acceptors (Lipinski definition) is 6. The Labute approximate surface area is 136 Å². The zero-order valence-electron chi connectivity index (χ0n) is 12.0.